The number of benzene rings is 2. The first kappa shape index (κ1) is 22.1. The van der Waals surface area contributed by atoms with Crippen molar-refractivity contribution in [2.75, 3.05) is 18.5 Å². The lowest BCUT2D eigenvalue weighted by Crippen LogP contribution is -2.35. The summed E-state index contributed by atoms with van der Waals surface area (Å²) in [5, 5.41) is 5.22. The average molecular weight is 396 g/mol. The number of amides is 2. The van der Waals surface area contributed by atoms with E-state index < -0.39 is 18.5 Å². The molecular weight excluding hydrogens is 368 g/mol. The van der Waals surface area contributed by atoms with Gasteiger partial charge in [-0.1, -0.05) is 56.3 Å². The van der Waals surface area contributed by atoms with E-state index in [9.17, 15) is 14.4 Å². The highest BCUT2D eigenvalue weighted by molar-refractivity contribution is 5.95. The second-order valence-corrected chi connectivity index (χ2v) is 6.67. The average Bonchev–Trinajstić information content (AvgIpc) is 2.75. The van der Waals surface area contributed by atoms with E-state index in [0.717, 1.165) is 29.7 Å². The molecule has 2 aromatic carbocycles. The van der Waals surface area contributed by atoms with Crippen LogP contribution in [0.15, 0.2) is 48.5 Å². The molecule has 0 radical (unpaired) electrons. The van der Waals surface area contributed by atoms with E-state index in [2.05, 4.69) is 17.6 Å². The van der Waals surface area contributed by atoms with Crippen LogP contribution in [0.3, 0.4) is 0 Å². The Morgan fingerprint density at radius 1 is 0.862 bits per heavy atom. The van der Waals surface area contributed by atoms with Gasteiger partial charge in [-0.05, 0) is 42.0 Å². The minimum atomic E-state index is -0.510. The molecule has 29 heavy (non-hydrogen) atoms. The minimum Gasteiger partial charge on any atom is -0.456 e. The van der Waals surface area contributed by atoms with Crippen LogP contribution in [0.2, 0.25) is 0 Å². The van der Waals surface area contributed by atoms with Gasteiger partial charge in [0.1, 0.15) is 0 Å². The van der Waals surface area contributed by atoms with Gasteiger partial charge in [0.2, 0.25) is 5.91 Å². The van der Waals surface area contributed by atoms with E-state index in [4.69, 9.17) is 4.74 Å². The number of aryl methyl sites for hydroxylation is 3. The molecule has 0 spiro atoms. The fourth-order valence-electron chi connectivity index (χ4n) is 2.78. The van der Waals surface area contributed by atoms with Crippen LogP contribution >= 0.6 is 0 Å². The van der Waals surface area contributed by atoms with Crippen LogP contribution in [0.25, 0.3) is 0 Å². The van der Waals surface area contributed by atoms with Crippen LogP contribution < -0.4 is 10.6 Å². The third-order valence-electron chi connectivity index (χ3n) is 4.53. The Bertz CT molecular complexity index is 831. The second-order valence-electron chi connectivity index (χ2n) is 6.67. The molecule has 154 valence electrons. The lowest BCUT2D eigenvalue weighted by Gasteiger charge is -2.10. The van der Waals surface area contributed by atoms with Crippen LogP contribution in [-0.2, 0) is 38.4 Å². The molecule has 0 saturated carbocycles. The van der Waals surface area contributed by atoms with Crippen molar-refractivity contribution in [2.45, 2.75) is 39.5 Å². The van der Waals surface area contributed by atoms with Gasteiger partial charge < -0.3 is 15.4 Å². The molecule has 0 unspecified atom stereocenters. The molecule has 0 atom stereocenters. The molecular formula is C23H28N2O4. The summed E-state index contributed by atoms with van der Waals surface area (Å²) < 4.78 is 4.97. The second kappa shape index (κ2) is 11.6. The predicted octanol–water partition coefficient (Wildman–Crippen LogP) is 3.04. The summed E-state index contributed by atoms with van der Waals surface area (Å²) in [5.74, 6) is -1.29. The van der Waals surface area contributed by atoms with Gasteiger partial charge in [-0.15, -0.1) is 0 Å². The van der Waals surface area contributed by atoms with E-state index in [1.54, 1.807) is 0 Å². The molecule has 0 heterocycles. The number of carbonyl (C=O) groups excluding carboxylic acids is 3. The largest absolute Gasteiger partial charge is 0.456 e. The van der Waals surface area contributed by atoms with Gasteiger partial charge in [-0.3, -0.25) is 14.4 Å². The van der Waals surface area contributed by atoms with Crippen LogP contribution in [0.4, 0.5) is 5.69 Å². The minimum absolute atomic E-state index is 0.182. The number of ether oxygens (including phenoxy) is 1. The number of anilines is 1. The standard InChI is InChI=1S/C23H28N2O4/c1-3-17-9-11-18(12-10-17)13-14-23(28)29-16-22(27)24-15-21(26)25-20-8-6-5-7-19(20)4-2/h5-12H,3-4,13-16H2,1-2H3,(H,24,27)(H,25,26). The smallest absolute Gasteiger partial charge is 0.306 e. The fraction of sp³-hybridized carbons (Fsp3) is 0.348. The quantitative estimate of drug-likeness (QED) is 0.605. The summed E-state index contributed by atoms with van der Waals surface area (Å²) in [6.07, 6.45) is 2.53. The lowest BCUT2D eigenvalue weighted by molar-refractivity contribution is -0.148. The van der Waals surface area contributed by atoms with E-state index in [1.807, 2.05) is 55.5 Å². The molecule has 0 aliphatic rings. The highest BCUT2D eigenvalue weighted by Gasteiger charge is 2.10. The number of hydrogen-bond acceptors (Lipinski definition) is 4. The molecule has 2 N–H and O–H groups in total. The molecule has 6 heteroatoms. The summed E-state index contributed by atoms with van der Waals surface area (Å²) in [5.41, 5.74) is 4.04. The summed E-state index contributed by atoms with van der Waals surface area (Å²) in [6.45, 7) is 3.51. The van der Waals surface area contributed by atoms with Crippen LogP contribution in [-0.4, -0.2) is 30.9 Å². The van der Waals surface area contributed by atoms with Crippen molar-refractivity contribution in [3.8, 4) is 0 Å². The van der Waals surface area contributed by atoms with E-state index >= 15 is 0 Å². The first-order valence-corrected chi connectivity index (χ1v) is 9.89. The molecule has 0 aliphatic heterocycles. The molecule has 0 aromatic heterocycles. The zero-order chi connectivity index (χ0) is 21.1. The van der Waals surface area contributed by atoms with Crippen molar-refractivity contribution >= 4 is 23.5 Å². The Morgan fingerprint density at radius 3 is 2.24 bits per heavy atom. The number of rotatable bonds is 10. The highest BCUT2D eigenvalue weighted by Crippen LogP contribution is 2.15. The number of esters is 1. The van der Waals surface area contributed by atoms with Crippen molar-refractivity contribution in [1.82, 2.24) is 5.32 Å². The van der Waals surface area contributed by atoms with E-state index in [1.165, 1.54) is 5.56 Å². The Labute approximate surface area is 171 Å². The first-order chi connectivity index (χ1) is 14.0. The molecule has 0 saturated heterocycles. The van der Waals surface area contributed by atoms with Crippen molar-refractivity contribution in [3.05, 3.63) is 65.2 Å². The predicted molar refractivity (Wildman–Crippen MR) is 113 cm³/mol. The molecule has 0 aliphatic carbocycles. The first-order valence-electron chi connectivity index (χ1n) is 9.89. The Hall–Kier alpha value is -3.15. The van der Waals surface area contributed by atoms with Gasteiger partial charge in [0.05, 0.1) is 6.54 Å². The number of nitrogens with one attached hydrogen (secondary N) is 2. The monoisotopic (exact) mass is 396 g/mol. The maximum Gasteiger partial charge on any atom is 0.306 e. The number of hydrogen-bond donors (Lipinski definition) is 2. The topological polar surface area (TPSA) is 84.5 Å². The van der Waals surface area contributed by atoms with Gasteiger partial charge in [0.25, 0.3) is 5.91 Å². The van der Waals surface area contributed by atoms with Crippen LogP contribution in [0.1, 0.15) is 37.0 Å². The summed E-state index contributed by atoms with van der Waals surface area (Å²) in [4.78, 5) is 35.6. The summed E-state index contributed by atoms with van der Waals surface area (Å²) in [7, 11) is 0. The number of carbonyl (C=O) groups is 3. The number of para-hydroxylation sites is 1. The van der Waals surface area contributed by atoms with E-state index in [0.29, 0.717) is 6.42 Å². The van der Waals surface area contributed by atoms with E-state index in [-0.39, 0.29) is 18.9 Å². The third-order valence-corrected chi connectivity index (χ3v) is 4.53. The molecule has 2 aromatic rings. The van der Waals surface area contributed by atoms with Gasteiger partial charge in [0.15, 0.2) is 6.61 Å². The van der Waals surface area contributed by atoms with Crippen molar-refractivity contribution in [2.24, 2.45) is 0 Å². The van der Waals surface area contributed by atoms with Gasteiger partial charge in [0, 0.05) is 12.1 Å². The van der Waals surface area contributed by atoms with Gasteiger partial charge in [-0.25, -0.2) is 0 Å². The normalized spacial score (nSPS) is 10.3. The SMILES string of the molecule is CCc1ccc(CCC(=O)OCC(=O)NCC(=O)Nc2ccccc2CC)cc1. The Morgan fingerprint density at radius 2 is 1.55 bits per heavy atom. The molecule has 0 fully saturated rings. The van der Waals surface area contributed by atoms with Gasteiger partial charge in [-0.2, -0.15) is 0 Å². The van der Waals surface area contributed by atoms with Gasteiger partial charge >= 0.3 is 5.97 Å². The fourth-order valence-corrected chi connectivity index (χ4v) is 2.78. The molecule has 6 nitrogen and oxygen atoms in total. The Kier molecular flexibility index (Phi) is 8.89. The highest BCUT2D eigenvalue weighted by atomic mass is 16.5. The Balaban J connectivity index is 1.65. The lowest BCUT2D eigenvalue weighted by atomic mass is 10.1. The molecule has 2 amide bonds. The third kappa shape index (κ3) is 7.78. The molecule has 2 rings (SSSR count). The summed E-state index contributed by atoms with van der Waals surface area (Å²) in [6, 6.07) is 15.6. The zero-order valence-corrected chi connectivity index (χ0v) is 17.0. The maximum absolute atomic E-state index is 12.0. The summed E-state index contributed by atoms with van der Waals surface area (Å²) >= 11 is 0. The van der Waals surface area contributed by atoms with Crippen molar-refractivity contribution < 1.29 is 19.1 Å². The van der Waals surface area contributed by atoms with Crippen LogP contribution in [0, 0.1) is 0 Å². The maximum atomic E-state index is 12.0. The van der Waals surface area contributed by atoms with Crippen molar-refractivity contribution in [3.63, 3.8) is 0 Å². The zero-order valence-electron chi connectivity index (χ0n) is 17.0. The molecule has 0 bridgehead atoms. The van der Waals surface area contributed by atoms with Crippen molar-refractivity contribution in [1.29, 1.82) is 0 Å². The van der Waals surface area contributed by atoms with Crippen LogP contribution in [0.5, 0.6) is 0 Å².